The maximum absolute atomic E-state index is 13.1. The van der Waals surface area contributed by atoms with Crippen LogP contribution in [0.15, 0.2) is 47.4 Å². The number of pyridine rings is 1. The van der Waals surface area contributed by atoms with Gasteiger partial charge >= 0.3 is 15.6 Å². The number of fused-ring (bicyclic) bond motifs is 1. The van der Waals surface area contributed by atoms with Crippen LogP contribution >= 0.6 is 11.6 Å². The molecule has 0 saturated heterocycles. The Hall–Kier alpha value is -2.92. The number of alkyl halides is 3. The van der Waals surface area contributed by atoms with Gasteiger partial charge in [-0.3, -0.25) is 9.36 Å². The van der Waals surface area contributed by atoms with Crippen LogP contribution in [0.5, 0.6) is 17.2 Å². The van der Waals surface area contributed by atoms with Crippen molar-refractivity contribution in [2.75, 3.05) is 14.2 Å². The first-order chi connectivity index (χ1) is 14.0. The van der Waals surface area contributed by atoms with Crippen LogP contribution in [0.4, 0.5) is 13.2 Å². The van der Waals surface area contributed by atoms with Crippen LogP contribution in [0.3, 0.4) is 0 Å². The number of benzene rings is 2. The Bertz CT molecular complexity index is 1270. The van der Waals surface area contributed by atoms with Gasteiger partial charge in [-0.25, -0.2) is 0 Å². The summed E-state index contributed by atoms with van der Waals surface area (Å²) in [6.45, 7) is 0. The highest BCUT2D eigenvalue weighted by atomic mass is 35.5. The molecule has 0 fully saturated rings. The van der Waals surface area contributed by atoms with E-state index in [2.05, 4.69) is 4.18 Å². The molecule has 30 heavy (non-hydrogen) atoms. The zero-order chi connectivity index (χ0) is 22.3. The fourth-order valence-electron chi connectivity index (χ4n) is 2.64. The molecule has 0 aliphatic heterocycles. The Labute approximate surface area is 173 Å². The van der Waals surface area contributed by atoms with Gasteiger partial charge in [0.25, 0.3) is 5.56 Å². The Kier molecular flexibility index (Phi) is 5.61. The second-order valence-corrected chi connectivity index (χ2v) is 7.83. The third-order valence-electron chi connectivity index (χ3n) is 4.08. The molecule has 0 atom stereocenters. The van der Waals surface area contributed by atoms with Crippen LogP contribution in [0, 0.1) is 0 Å². The van der Waals surface area contributed by atoms with E-state index in [1.54, 1.807) is 12.1 Å². The number of methoxy groups -OCH3 is 2. The van der Waals surface area contributed by atoms with Crippen LogP contribution < -0.4 is 19.2 Å². The van der Waals surface area contributed by atoms with Crippen molar-refractivity contribution in [3.8, 4) is 22.9 Å². The van der Waals surface area contributed by atoms with E-state index in [1.165, 1.54) is 38.6 Å². The van der Waals surface area contributed by atoms with E-state index >= 15 is 0 Å². The van der Waals surface area contributed by atoms with Gasteiger partial charge in [0.15, 0.2) is 5.75 Å². The first kappa shape index (κ1) is 21.8. The molecule has 3 rings (SSSR count). The average Bonchev–Trinajstić information content (AvgIpc) is 2.69. The average molecular weight is 464 g/mol. The normalized spacial score (nSPS) is 12.1. The lowest BCUT2D eigenvalue weighted by molar-refractivity contribution is -0.0499. The van der Waals surface area contributed by atoms with Crippen LogP contribution in [-0.2, 0) is 10.1 Å². The SMILES string of the molecule is COc1ccc(-n2cc(Cl)c3cc(OC)cc(OS(=O)(=O)C(F)(F)F)c3c2=O)cc1. The van der Waals surface area contributed by atoms with Crippen molar-refractivity contribution >= 4 is 32.5 Å². The van der Waals surface area contributed by atoms with E-state index in [-0.39, 0.29) is 16.2 Å². The second kappa shape index (κ2) is 7.73. The van der Waals surface area contributed by atoms with Crippen LogP contribution in [0.1, 0.15) is 0 Å². The van der Waals surface area contributed by atoms with Gasteiger partial charge < -0.3 is 13.7 Å². The lowest BCUT2D eigenvalue weighted by atomic mass is 10.1. The number of halogens is 4. The first-order valence-corrected chi connectivity index (χ1v) is 9.85. The number of hydrogen-bond donors (Lipinski definition) is 0. The smallest absolute Gasteiger partial charge is 0.497 e. The third kappa shape index (κ3) is 3.90. The highest BCUT2D eigenvalue weighted by Gasteiger charge is 2.49. The predicted molar refractivity (Wildman–Crippen MR) is 103 cm³/mol. The van der Waals surface area contributed by atoms with Crippen molar-refractivity contribution in [3.05, 3.63) is 58.0 Å². The van der Waals surface area contributed by atoms with Crippen molar-refractivity contribution in [2.45, 2.75) is 5.51 Å². The lowest BCUT2D eigenvalue weighted by Gasteiger charge is -2.15. The molecule has 0 bridgehead atoms. The molecule has 7 nitrogen and oxygen atoms in total. The molecule has 0 N–H and O–H groups in total. The van der Waals surface area contributed by atoms with Crippen molar-refractivity contribution < 1.29 is 35.2 Å². The van der Waals surface area contributed by atoms with Gasteiger partial charge in [-0.1, -0.05) is 11.6 Å². The molecule has 1 aromatic heterocycles. The Balaban J connectivity index is 2.32. The maximum Gasteiger partial charge on any atom is 0.534 e. The van der Waals surface area contributed by atoms with Crippen LogP contribution in [-0.4, -0.2) is 32.7 Å². The van der Waals surface area contributed by atoms with E-state index in [4.69, 9.17) is 21.1 Å². The maximum atomic E-state index is 13.1. The molecule has 0 saturated carbocycles. The van der Waals surface area contributed by atoms with E-state index in [1.807, 2.05) is 0 Å². The molecule has 2 aromatic carbocycles. The van der Waals surface area contributed by atoms with Gasteiger partial charge in [0.05, 0.1) is 24.6 Å². The Morgan fingerprint density at radius 3 is 2.13 bits per heavy atom. The summed E-state index contributed by atoms with van der Waals surface area (Å²) < 4.78 is 76.9. The lowest BCUT2D eigenvalue weighted by Crippen LogP contribution is -2.29. The Morgan fingerprint density at radius 1 is 1.00 bits per heavy atom. The van der Waals surface area contributed by atoms with Gasteiger partial charge in [-0.05, 0) is 30.3 Å². The summed E-state index contributed by atoms with van der Waals surface area (Å²) in [4.78, 5) is 13.1. The minimum absolute atomic E-state index is 0.0434. The number of aromatic nitrogens is 1. The molecule has 1 heterocycles. The summed E-state index contributed by atoms with van der Waals surface area (Å²) in [5.41, 5.74) is -6.24. The summed E-state index contributed by atoms with van der Waals surface area (Å²) in [7, 11) is -3.39. The zero-order valence-electron chi connectivity index (χ0n) is 15.4. The van der Waals surface area contributed by atoms with E-state index in [9.17, 15) is 26.4 Å². The minimum atomic E-state index is -6.05. The summed E-state index contributed by atoms with van der Waals surface area (Å²) >= 11 is 6.24. The second-order valence-electron chi connectivity index (χ2n) is 5.88. The van der Waals surface area contributed by atoms with Crippen LogP contribution in [0.25, 0.3) is 16.5 Å². The van der Waals surface area contributed by atoms with Gasteiger partial charge in [0.2, 0.25) is 0 Å². The standard InChI is InChI=1S/C18H13ClF3NO6S/c1-27-11-5-3-10(4-6-11)23-9-14(19)13-7-12(28-2)8-15(16(13)17(23)24)29-30(25,26)18(20,21)22/h3-9H,1-2H3. The zero-order valence-corrected chi connectivity index (χ0v) is 16.9. The molecule has 0 unspecified atom stereocenters. The molecule has 0 aliphatic rings. The monoisotopic (exact) mass is 463 g/mol. The topological polar surface area (TPSA) is 83.8 Å². The van der Waals surface area contributed by atoms with Crippen LogP contribution in [0.2, 0.25) is 5.02 Å². The molecule has 0 amide bonds. The molecule has 160 valence electrons. The van der Waals surface area contributed by atoms with E-state index in [0.717, 1.165) is 10.6 Å². The highest BCUT2D eigenvalue weighted by molar-refractivity contribution is 7.88. The number of hydrogen-bond acceptors (Lipinski definition) is 6. The third-order valence-corrected chi connectivity index (χ3v) is 5.34. The molecular formula is C18H13ClF3NO6S. The largest absolute Gasteiger partial charge is 0.534 e. The number of ether oxygens (including phenoxy) is 2. The Morgan fingerprint density at radius 2 is 1.60 bits per heavy atom. The van der Waals surface area contributed by atoms with Crippen molar-refractivity contribution in [1.82, 2.24) is 4.57 Å². The molecule has 0 spiro atoms. The summed E-state index contributed by atoms with van der Waals surface area (Å²) in [5, 5.41) is -0.557. The summed E-state index contributed by atoms with van der Waals surface area (Å²) in [6, 6.07) is 8.28. The summed E-state index contributed by atoms with van der Waals surface area (Å²) in [5.74, 6) is -0.418. The quantitative estimate of drug-likeness (QED) is 0.421. The van der Waals surface area contributed by atoms with Gasteiger partial charge in [0.1, 0.15) is 11.5 Å². The molecule has 12 heteroatoms. The van der Waals surface area contributed by atoms with Crippen molar-refractivity contribution in [3.63, 3.8) is 0 Å². The van der Waals surface area contributed by atoms with Crippen molar-refractivity contribution in [2.24, 2.45) is 0 Å². The molecule has 3 aromatic rings. The minimum Gasteiger partial charge on any atom is -0.497 e. The predicted octanol–water partition coefficient (Wildman–Crippen LogP) is 3.89. The first-order valence-electron chi connectivity index (χ1n) is 8.06. The van der Waals surface area contributed by atoms with Crippen molar-refractivity contribution in [1.29, 1.82) is 0 Å². The number of rotatable bonds is 5. The fraction of sp³-hybridized carbons (Fsp3) is 0.167. The van der Waals surface area contributed by atoms with Gasteiger partial charge in [0, 0.05) is 23.3 Å². The van der Waals surface area contributed by atoms with E-state index < -0.39 is 32.3 Å². The molecule has 0 aliphatic carbocycles. The van der Waals surface area contributed by atoms with Gasteiger partial charge in [-0.15, -0.1) is 0 Å². The molecule has 0 radical (unpaired) electrons. The van der Waals surface area contributed by atoms with Gasteiger partial charge in [-0.2, -0.15) is 21.6 Å². The summed E-state index contributed by atoms with van der Waals surface area (Å²) in [6.07, 6.45) is 1.25. The van der Waals surface area contributed by atoms with E-state index in [0.29, 0.717) is 11.4 Å². The highest BCUT2D eigenvalue weighted by Crippen LogP contribution is 2.36. The fourth-order valence-corrected chi connectivity index (χ4v) is 3.35. The number of nitrogens with zero attached hydrogens (tertiary/aromatic N) is 1. The molecular weight excluding hydrogens is 451 g/mol.